The van der Waals surface area contributed by atoms with Gasteiger partial charge >= 0.3 is 11.9 Å². The summed E-state index contributed by atoms with van der Waals surface area (Å²) in [7, 11) is 3.00. The van der Waals surface area contributed by atoms with Crippen molar-refractivity contribution < 1.29 is 24.2 Å². The first-order chi connectivity index (χ1) is 19.9. The molecule has 216 valence electrons. The predicted octanol–water partition coefficient (Wildman–Crippen LogP) is 6.44. The number of fused-ring (bicyclic) bond motifs is 3. The molecule has 7 bridgehead atoms. The molecule has 6 atom stereocenters. The van der Waals surface area contributed by atoms with E-state index >= 15 is 0 Å². The van der Waals surface area contributed by atoms with E-state index in [2.05, 4.69) is 29.4 Å². The van der Waals surface area contributed by atoms with Crippen LogP contribution in [0.25, 0.3) is 0 Å². The average molecular weight is 593 g/mol. The normalized spacial score (nSPS) is 35.5. The van der Waals surface area contributed by atoms with Gasteiger partial charge in [0.25, 0.3) is 0 Å². The number of ether oxygens (including phenoxy) is 2. The summed E-state index contributed by atoms with van der Waals surface area (Å²) in [6.45, 7) is 4.14. The van der Waals surface area contributed by atoms with Crippen molar-refractivity contribution in [1.82, 2.24) is 4.98 Å². The number of hydrogen-bond donors (Lipinski definition) is 2. The van der Waals surface area contributed by atoms with Crippen LogP contribution in [-0.2, 0) is 25.5 Å². The topological polar surface area (TPSA) is 97.8 Å². The van der Waals surface area contributed by atoms with E-state index in [4.69, 9.17) is 9.47 Å². The molecule has 0 amide bonds. The van der Waals surface area contributed by atoms with Crippen LogP contribution in [0.15, 0.2) is 64.3 Å². The van der Waals surface area contributed by atoms with Crippen LogP contribution in [0.4, 0.5) is 5.82 Å². The van der Waals surface area contributed by atoms with E-state index in [1.54, 1.807) is 10.8 Å². The average Bonchev–Trinajstić information content (AvgIpc) is 3.46. The van der Waals surface area contributed by atoms with Gasteiger partial charge in [-0.15, -0.1) is 0 Å². The highest BCUT2D eigenvalue weighted by molar-refractivity contribution is 8.76. The lowest BCUT2D eigenvalue weighted by molar-refractivity contribution is -0.135. The van der Waals surface area contributed by atoms with Crippen LogP contribution in [0.3, 0.4) is 0 Å². The maximum Gasteiger partial charge on any atom is 0.340 e. The summed E-state index contributed by atoms with van der Waals surface area (Å²) < 4.78 is 12.1. The van der Waals surface area contributed by atoms with Gasteiger partial charge in [-0.1, -0.05) is 47.4 Å². The van der Waals surface area contributed by atoms with Gasteiger partial charge < -0.3 is 19.9 Å². The molecule has 2 fully saturated rings. The van der Waals surface area contributed by atoms with Crippen LogP contribution < -0.4 is 5.32 Å². The Morgan fingerprint density at radius 3 is 2.98 bits per heavy atom. The molecule has 7 aliphatic rings. The number of cyclic esters (lactones) is 1. The second-order valence-electron chi connectivity index (χ2n) is 12.2. The maximum absolute atomic E-state index is 13.9. The number of nitrogens with one attached hydrogen (secondary N) is 1. The number of aliphatic hydroxyl groups excluding tert-OH is 1. The number of allylic oxidation sites excluding steroid dienone is 5. The monoisotopic (exact) mass is 592 g/mol. The number of esters is 2. The summed E-state index contributed by atoms with van der Waals surface area (Å²) in [6, 6.07) is 4.09. The number of unbranched alkanes of at least 4 members (excludes halogenated alkanes) is 1. The van der Waals surface area contributed by atoms with Crippen molar-refractivity contribution in [3.63, 3.8) is 0 Å². The number of carbonyl (C=O) groups is 2. The summed E-state index contributed by atoms with van der Waals surface area (Å²) in [5.74, 6) is 2.56. The molecule has 41 heavy (non-hydrogen) atoms. The molecule has 0 radical (unpaired) electrons. The summed E-state index contributed by atoms with van der Waals surface area (Å²) in [5.41, 5.74) is 3.60. The van der Waals surface area contributed by atoms with E-state index in [1.807, 2.05) is 25.3 Å². The molecule has 3 aliphatic heterocycles. The number of aliphatic hydroxyl groups is 1. The Morgan fingerprint density at radius 2 is 2.12 bits per heavy atom. The highest BCUT2D eigenvalue weighted by atomic mass is 33.1. The first kappa shape index (κ1) is 27.3. The SMILES string of the molecule is CCCC=C1OC(=O)C2=C1CC[C@@H]1[C@@H]2[C@]23CC[C@H]1C1=C2C(=O)OC3=CC[C@@H](C)[C@H](O)SSCNc2cc(ccn2)C1. The minimum Gasteiger partial charge on any atom is -0.427 e. The third-order valence-electron chi connectivity index (χ3n) is 9.95. The molecule has 1 aromatic rings. The lowest BCUT2D eigenvalue weighted by atomic mass is 9.44. The van der Waals surface area contributed by atoms with Gasteiger partial charge in [-0.2, -0.15) is 0 Å². The van der Waals surface area contributed by atoms with E-state index < -0.39 is 10.9 Å². The van der Waals surface area contributed by atoms with Crippen LogP contribution >= 0.6 is 21.6 Å². The molecule has 4 aliphatic carbocycles. The smallest absolute Gasteiger partial charge is 0.340 e. The Labute approximate surface area is 248 Å². The molecule has 2 N–H and O–H groups in total. The number of rotatable bonds is 2. The molecule has 1 saturated carbocycles. The summed E-state index contributed by atoms with van der Waals surface area (Å²) in [4.78, 5) is 32.0. The lowest BCUT2D eigenvalue weighted by Crippen LogP contribution is -2.52. The molecule has 7 nitrogen and oxygen atoms in total. The molecule has 4 heterocycles. The standard InChI is InChI=1S/C32H36N2O5S2/c1-3-4-5-23-21-8-7-20-19-10-12-32(27(20)26(21)29(35)38-23)24-9-6-17(2)31(37)41-40-16-34-25-15-18(11-13-33-25)14-22(19)28(32)30(36)39-24/h5,9,11,13,15,17,19-20,27,31,37H,3-4,6-8,10,12,14,16H2,1-2H3,(H,33,34)/t17-,19-,20+,27+,31-,32-/m1/s1. The summed E-state index contributed by atoms with van der Waals surface area (Å²) >= 11 is 0. The van der Waals surface area contributed by atoms with E-state index in [0.29, 0.717) is 24.5 Å². The zero-order chi connectivity index (χ0) is 28.3. The van der Waals surface area contributed by atoms with Crippen molar-refractivity contribution >= 4 is 39.3 Å². The van der Waals surface area contributed by atoms with Gasteiger partial charge in [-0.25, -0.2) is 14.6 Å². The predicted molar refractivity (Wildman–Crippen MR) is 160 cm³/mol. The first-order valence-corrected chi connectivity index (χ1v) is 17.3. The largest absolute Gasteiger partial charge is 0.427 e. The molecule has 9 heteroatoms. The molecular weight excluding hydrogens is 556 g/mol. The van der Waals surface area contributed by atoms with E-state index in [-0.39, 0.29) is 35.6 Å². The molecule has 8 rings (SSSR count). The van der Waals surface area contributed by atoms with Crippen LogP contribution in [0.2, 0.25) is 0 Å². The second kappa shape index (κ2) is 10.7. The van der Waals surface area contributed by atoms with Crippen LogP contribution in [-0.4, -0.2) is 33.3 Å². The molecule has 1 saturated heterocycles. The Hall–Kier alpha value is -2.49. The Kier molecular flexibility index (Phi) is 7.11. The maximum atomic E-state index is 13.9. The van der Waals surface area contributed by atoms with Crippen molar-refractivity contribution in [3.8, 4) is 0 Å². The van der Waals surface area contributed by atoms with Crippen LogP contribution in [0.1, 0.15) is 64.4 Å². The van der Waals surface area contributed by atoms with Gasteiger partial charge in [0.15, 0.2) is 0 Å². The van der Waals surface area contributed by atoms with Crippen molar-refractivity contribution in [2.24, 2.45) is 29.1 Å². The number of nitrogens with zero attached hydrogens (tertiary/aromatic N) is 1. The number of carbonyl (C=O) groups excluding carboxylic acids is 2. The van der Waals surface area contributed by atoms with Gasteiger partial charge in [-0.3, -0.25) is 0 Å². The summed E-state index contributed by atoms with van der Waals surface area (Å²) in [6.07, 6.45) is 12.5. The zero-order valence-electron chi connectivity index (χ0n) is 23.5. The lowest BCUT2D eigenvalue weighted by Gasteiger charge is -2.56. The van der Waals surface area contributed by atoms with E-state index in [9.17, 15) is 14.7 Å². The van der Waals surface area contributed by atoms with Gasteiger partial charge in [0.2, 0.25) is 0 Å². The zero-order valence-corrected chi connectivity index (χ0v) is 25.1. The van der Waals surface area contributed by atoms with Gasteiger partial charge in [0, 0.05) is 23.3 Å². The van der Waals surface area contributed by atoms with Gasteiger partial charge in [-0.05, 0) is 92.5 Å². The van der Waals surface area contributed by atoms with Crippen LogP contribution in [0.5, 0.6) is 0 Å². The minimum absolute atomic E-state index is 0.0474. The van der Waals surface area contributed by atoms with Crippen molar-refractivity contribution in [2.75, 3.05) is 11.2 Å². The third-order valence-corrected chi connectivity index (χ3v) is 12.4. The molecular formula is C32H36N2O5S2. The number of hydrogen-bond acceptors (Lipinski definition) is 9. The highest BCUT2D eigenvalue weighted by Gasteiger charge is 2.68. The van der Waals surface area contributed by atoms with Gasteiger partial charge in [0.05, 0.1) is 16.9 Å². The fourth-order valence-corrected chi connectivity index (χ4v) is 10.3. The Bertz CT molecular complexity index is 1430. The minimum atomic E-state index is -0.677. The molecule has 0 aromatic carbocycles. The Morgan fingerprint density at radius 1 is 1.24 bits per heavy atom. The first-order valence-electron chi connectivity index (χ1n) is 14.9. The summed E-state index contributed by atoms with van der Waals surface area (Å²) in [5, 5.41) is 14.2. The number of aromatic nitrogens is 1. The quantitative estimate of drug-likeness (QED) is 0.297. The molecule has 1 aromatic heterocycles. The fraction of sp³-hybridized carbons (Fsp3) is 0.531. The number of pyridine rings is 1. The van der Waals surface area contributed by atoms with Crippen molar-refractivity contribution in [2.45, 2.75) is 70.7 Å². The fourth-order valence-electron chi connectivity index (χ4n) is 8.17. The Balaban J connectivity index is 1.42. The third kappa shape index (κ3) is 4.33. The van der Waals surface area contributed by atoms with Crippen molar-refractivity contribution in [3.05, 3.63) is 69.9 Å². The molecule has 0 unspecified atom stereocenters. The van der Waals surface area contributed by atoms with E-state index in [0.717, 1.165) is 72.4 Å². The van der Waals surface area contributed by atoms with Crippen molar-refractivity contribution in [1.29, 1.82) is 0 Å². The molecule has 1 spiro atoms. The highest BCUT2D eigenvalue weighted by Crippen LogP contribution is 2.70. The van der Waals surface area contributed by atoms with E-state index in [1.165, 1.54) is 16.4 Å². The van der Waals surface area contributed by atoms with Gasteiger partial charge in [0.1, 0.15) is 22.8 Å². The second-order valence-corrected chi connectivity index (χ2v) is 14.6. The van der Waals surface area contributed by atoms with Crippen LogP contribution in [0, 0.1) is 29.1 Å². The number of anilines is 1.